The number of urea groups is 1. The number of imidazole rings is 1. The fraction of sp³-hybridized carbons (Fsp3) is 0.556. The number of carbonyl (C=O) groups excluding carboxylic acids is 1. The van der Waals surface area contributed by atoms with Crippen LogP contribution >= 0.6 is 0 Å². The molecule has 0 aliphatic carbocycles. The fourth-order valence-electron chi connectivity index (χ4n) is 5.31. The molecule has 3 atom stereocenters. The Morgan fingerprint density at radius 2 is 2.00 bits per heavy atom. The Bertz CT molecular complexity index is 1310. The van der Waals surface area contributed by atoms with E-state index in [1.165, 1.54) is 11.9 Å². The molecule has 5 rings (SSSR count). The van der Waals surface area contributed by atoms with E-state index in [4.69, 9.17) is 19.9 Å². The van der Waals surface area contributed by atoms with E-state index in [-0.39, 0.29) is 24.8 Å². The molecule has 4 N–H and O–H groups in total. The van der Waals surface area contributed by atoms with Crippen LogP contribution in [0.4, 0.5) is 16.3 Å². The van der Waals surface area contributed by atoms with Crippen LogP contribution in [0.2, 0.25) is 0 Å². The molecule has 3 unspecified atom stereocenters. The average molecular weight is 539 g/mol. The highest BCUT2D eigenvalue weighted by Crippen LogP contribution is 2.47. The summed E-state index contributed by atoms with van der Waals surface area (Å²) < 4.78 is 20.9. The quantitative estimate of drug-likeness (QED) is 0.351. The Kier molecular flexibility index (Phi) is 7.47. The molecular formula is C27H38N8O4. The van der Waals surface area contributed by atoms with Crippen LogP contribution in [0, 0.1) is 0 Å². The number of likely N-dealkylation sites (N-methyl/N-ethyl adjacent to an activating group) is 1. The number of benzene rings is 1. The number of ether oxygens (including phenoxy) is 3. The van der Waals surface area contributed by atoms with Gasteiger partial charge in [-0.25, -0.2) is 19.7 Å². The first kappa shape index (κ1) is 27.3. The number of nitrogen functional groups attached to an aromatic ring is 1. The van der Waals surface area contributed by atoms with Crippen molar-refractivity contribution in [1.29, 1.82) is 0 Å². The molecule has 12 heteroatoms. The molecule has 0 bridgehead atoms. The second-order valence-electron chi connectivity index (χ2n) is 11.1. The minimum atomic E-state index is -0.919. The second-order valence-corrected chi connectivity index (χ2v) is 11.1. The van der Waals surface area contributed by atoms with E-state index < -0.39 is 11.5 Å². The van der Waals surface area contributed by atoms with Gasteiger partial charge in [-0.2, -0.15) is 0 Å². The number of nitrogens with zero attached hydrogens (tertiary/aromatic N) is 5. The van der Waals surface area contributed by atoms with E-state index in [1.54, 1.807) is 6.33 Å². The fourth-order valence-corrected chi connectivity index (χ4v) is 5.31. The summed E-state index contributed by atoms with van der Waals surface area (Å²) in [6.45, 7) is 10.3. The molecule has 2 aliphatic rings. The van der Waals surface area contributed by atoms with Gasteiger partial charge < -0.3 is 35.5 Å². The van der Waals surface area contributed by atoms with Gasteiger partial charge in [-0.1, -0.05) is 26.0 Å². The summed E-state index contributed by atoms with van der Waals surface area (Å²) in [5.74, 6) is -0.0476. The molecule has 0 spiro atoms. The van der Waals surface area contributed by atoms with Gasteiger partial charge in [0.25, 0.3) is 0 Å². The molecule has 0 radical (unpaired) electrons. The highest BCUT2D eigenvalue weighted by molar-refractivity contribution is 5.89. The molecule has 1 aromatic carbocycles. The Balaban J connectivity index is 1.14. The molecule has 2 aromatic heterocycles. The number of carbonyl (C=O) groups is 1. The first-order valence-electron chi connectivity index (χ1n) is 13.3. The number of nitrogens with two attached hydrogens (primary N) is 1. The first-order chi connectivity index (χ1) is 18.6. The molecule has 3 aromatic rings. The van der Waals surface area contributed by atoms with Crippen molar-refractivity contribution in [1.82, 2.24) is 29.7 Å². The normalized spacial score (nSPS) is 24.0. The third-order valence-electron chi connectivity index (χ3n) is 7.22. The Morgan fingerprint density at radius 3 is 2.74 bits per heavy atom. The van der Waals surface area contributed by atoms with Gasteiger partial charge in [-0.05, 0) is 57.5 Å². The maximum absolute atomic E-state index is 12.3. The predicted molar refractivity (Wildman–Crippen MR) is 147 cm³/mol. The largest absolute Gasteiger partial charge is 0.382 e. The van der Waals surface area contributed by atoms with Gasteiger partial charge in [0.2, 0.25) is 5.72 Å². The summed E-state index contributed by atoms with van der Waals surface area (Å²) in [6, 6.07) is 7.71. The number of hydrogen-bond donors (Lipinski definition) is 3. The topological polar surface area (TPSA) is 142 Å². The van der Waals surface area contributed by atoms with Gasteiger partial charge in [0.1, 0.15) is 24.1 Å². The van der Waals surface area contributed by atoms with Crippen molar-refractivity contribution in [2.45, 2.75) is 63.8 Å². The van der Waals surface area contributed by atoms with E-state index in [0.717, 1.165) is 18.7 Å². The van der Waals surface area contributed by atoms with Crippen molar-refractivity contribution in [3.63, 3.8) is 0 Å². The lowest BCUT2D eigenvalue weighted by atomic mass is 10.0. The minimum absolute atomic E-state index is 0.213. The number of nitrogens with one attached hydrogen (secondary N) is 2. The lowest BCUT2D eigenvalue weighted by Crippen LogP contribution is -2.46. The van der Waals surface area contributed by atoms with Crippen molar-refractivity contribution in [2.75, 3.05) is 44.3 Å². The molecule has 2 aliphatic heterocycles. The van der Waals surface area contributed by atoms with Crippen molar-refractivity contribution in [3.05, 3.63) is 42.5 Å². The third-order valence-corrected chi connectivity index (χ3v) is 7.22. The van der Waals surface area contributed by atoms with Crippen LogP contribution in [0.1, 0.15) is 45.6 Å². The lowest BCUT2D eigenvalue weighted by Gasteiger charge is -2.29. The summed E-state index contributed by atoms with van der Waals surface area (Å²) in [6.07, 6.45) is 3.25. The zero-order valence-corrected chi connectivity index (χ0v) is 23.2. The number of anilines is 2. The summed E-state index contributed by atoms with van der Waals surface area (Å²) in [7, 11) is 2.03. The van der Waals surface area contributed by atoms with Crippen LogP contribution in [0.15, 0.2) is 36.9 Å². The third kappa shape index (κ3) is 5.55. The minimum Gasteiger partial charge on any atom is -0.382 e. The summed E-state index contributed by atoms with van der Waals surface area (Å²) in [5.41, 5.74) is 8.20. The first-order valence-corrected chi connectivity index (χ1v) is 13.3. The molecule has 210 valence electrons. The summed E-state index contributed by atoms with van der Waals surface area (Å²) in [4.78, 5) is 27.3. The zero-order chi connectivity index (χ0) is 27.8. The molecule has 39 heavy (non-hydrogen) atoms. The predicted octanol–water partition coefficient (Wildman–Crippen LogP) is 2.88. The molecule has 2 fully saturated rings. The molecule has 0 saturated carbocycles. The number of fused-ring (bicyclic) bond motifs is 2. The summed E-state index contributed by atoms with van der Waals surface area (Å²) >= 11 is 0. The van der Waals surface area contributed by atoms with Crippen LogP contribution in [0.25, 0.3) is 11.2 Å². The van der Waals surface area contributed by atoms with Crippen LogP contribution in [0.5, 0.6) is 0 Å². The van der Waals surface area contributed by atoms with E-state index in [0.29, 0.717) is 36.0 Å². The Labute approximate surface area is 228 Å². The van der Waals surface area contributed by atoms with Gasteiger partial charge in [0.15, 0.2) is 17.3 Å². The number of rotatable bonds is 9. The highest BCUT2D eigenvalue weighted by atomic mass is 16.8. The van der Waals surface area contributed by atoms with Gasteiger partial charge in [0.05, 0.1) is 12.9 Å². The number of hydrogen-bond acceptors (Lipinski definition) is 9. The average Bonchev–Trinajstić information content (AvgIpc) is 3.53. The SMILES string of the molecule is CC(C)c1ccc(NC(=O)NCCCN(C)CC2OCC3(n4cnc5c(N)ncnc54)OC(C)(C)OC23)cc1. The highest BCUT2D eigenvalue weighted by Gasteiger charge is 2.63. The van der Waals surface area contributed by atoms with Gasteiger partial charge in [-0.15, -0.1) is 0 Å². The van der Waals surface area contributed by atoms with E-state index in [9.17, 15) is 4.79 Å². The van der Waals surface area contributed by atoms with Crippen LogP contribution in [-0.4, -0.2) is 81.7 Å². The van der Waals surface area contributed by atoms with Crippen LogP contribution < -0.4 is 16.4 Å². The van der Waals surface area contributed by atoms with Gasteiger partial charge >= 0.3 is 6.03 Å². The molecule has 4 heterocycles. The summed E-state index contributed by atoms with van der Waals surface area (Å²) in [5, 5.41) is 5.81. The smallest absolute Gasteiger partial charge is 0.319 e. The van der Waals surface area contributed by atoms with Crippen LogP contribution in [-0.2, 0) is 19.9 Å². The molecule has 12 nitrogen and oxygen atoms in total. The maximum Gasteiger partial charge on any atom is 0.319 e. The van der Waals surface area contributed by atoms with E-state index in [2.05, 4.69) is 44.3 Å². The van der Waals surface area contributed by atoms with Crippen molar-refractivity contribution in [2.24, 2.45) is 0 Å². The molecule has 2 saturated heterocycles. The van der Waals surface area contributed by atoms with Gasteiger partial charge in [-0.3, -0.25) is 4.57 Å². The Morgan fingerprint density at radius 1 is 1.23 bits per heavy atom. The number of amides is 2. The standard InChI is InChI=1S/C27H38N8O4/c1-17(2)18-7-9-19(10-8-18)33-25(36)29-11-6-12-34(5)13-20-22-27(14-37-20,39-26(3,4)38-22)35-16-32-21-23(28)30-15-31-24(21)35/h7-10,15-17,20,22H,6,11-14H2,1-5H3,(H2,28,30,31)(H2,29,33,36). The molecule has 2 amide bonds. The van der Waals surface area contributed by atoms with Crippen LogP contribution in [0.3, 0.4) is 0 Å². The van der Waals surface area contributed by atoms with Crippen molar-refractivity contribution >= 4 is 28.7 Å². The van der Waals surface area contributed by atoms with Crippen molar-refractivity contribution < 1.29 is 19.0 Å². The maximum atomic E-state index is 12.3. The van der Waals surface area contributed by atoms with E-state index >= 15 is 0 Å². The van der Waals surface area contributed by atoms with Gasteiger partial charge in [0, 0.05) is 18.8 Å². The molecular weight excluding hydrogens is 500 g/mol. The second kappa shape index (κ2) is 10.7. The zero-order valence-electron chi connectivity index (χ0n) is 23.2. The Hall–Kier alpha value is -3.32. The van der Waals surface area contributed by atoms with Crippen molar-refractivity contribution in [3.8, 4) is 0 Å². The lowest BCUT2D eigenvalue weighted by molar-refractivity contribution is -0.205. The number of aromatic nitrogens is 4. The monoisotopic (exact) mass is 538 g/mol. The van der Waals surface area contributed by atoms with E-state index in [1.807, 2.05) is 49.7 Å².